The molecule has 0 saturated heterocycles. The minimum atomic E-state index is -0.935. The van der Waals surface area contributed by atoms with E-state index < -0.39 is 5.97 Å². The zero-order chi connectivity index (χ0) is 14.4. The monoisotopic (exact) mass is 268 g/mol. The van der Waals surface area contributed by atoms with E-state index in [0.717, 1.165) is 30.4 Å². The van der Waals surface area contributed by atoms with Crippen LogP contribution in [-0.4, -0.2) is 21.0 Å². The zero-order valence-electron chi connectivity index (χ0n) is 11.1. The van der Waals surface area contributed by atoms with Gasteiger partial charge in [0.1, 0.15) is 0 Å². The average molecular weight is 268 g/mol. The van der Waals surface area contributed by atoms with E-state index in [9.17, 15) is 4.79 Å². The number of nitrogens with zero attached hydrogens (tertiary/aromatic N) is 2. The molecule has 102 valence electrons. The van der Waals surface area contributed by atoms with Gasteiger partial charge >= 0.3 is 5.97 Å². The molecule has 0 bridgehead atoms. The molecule has 1 heterocycles. The van der Waals surface area contributed by atoms with Crippen molar-refractivity contribution in [2.45, 2.75) is 19.3 Å². The van der Waals surface area contributed by atoms with Gasteiger partial charge in [0.2, 0.25) is 0 Å². The van der Waals surface area contributed by atoms with Gasteiger partial charge in [-0.1, -0.05) is 18.2 Å². The highest BCUT2D eigenvalue weighted by Gasteiger charge is 2.05. The van der Waals surface area contributed by atoms with Gasteiger partial charge in [-0.25, -0.2) is 14.8 Å². The Morgan fingerprint density at radius 3 is 2.40 bits per heavy atom. The summed E-state index contributed by atoms with van der Waals surface area (Å²) in [7, 11) is 0. The lowest BCUT2D eigenvalue weighted by atomic mass is 10.1. The summed E-state index contributed by atoms with van der Waals surface area (Å²) in [5.41, 5.74) is 2.17. The number of hydrogen-bond donors (Lipinski definition) is 1. The van der Waals surface area contributed by atoms with Gasteiger partial charge in [-0.15, -0.1) is 6.58 Å². The predicted octanol–water partition coefficient (Wildman–Crippen LogP) is 3.35. The number of carbonyl (C=O) groups is 1. The molecular weight excluding hydrogens is 252 g/mol. The lowest BCUT2D eigenvalue weighted by Crippen LogP contribution is -1.96. The summed E-state index contributed by atoms with van der Waals surface area (Å²) in [5, 5.41) is 8.85. The summed E-state index contributed by atoms with van der Waals surface area (Å²) in [6.45, 7) is 3.69. The maximum Gasteiger partial charge on any atom is 0.335 e. The van der Waals surface area contributed by atoms with Crippen LogP contribution in [0.15, 0.2) is 49.3 Å². The molecule has 0 amide bonds. The fraction of sp³-hybridized carbons (Fsp3) is 0.188. The van der Waals surface area contributed by atoms with E-state index in [4.69, 9.17) is 5.11 Å². The number of aromatic carboxylic acids is 1. The largest absolute Gasteiger partial charge is 0.478 e. The number of carboxylic acid groups (broad SMARTS) is 1. The van der Waals surface area contributed by atoms with Crippen molar-refractivity contribution >= 4 is 5.97 Å². The van der Waals surface area contributed by atoms with E-state index in [2.05, 4.69) is 16.5 Å². The predicted molar refractivity (Wildman–Crippen MR) is 77.6 cm³/mol. The molecule has 0 fully saturated rings. The van der Waals surface area contributed by atoms with Crippen LogP contribution < -0.4 is 0 Å². The number of allylic oxidation sites excluding steroid dienone is 1. The smallest absolute Gasteiger partial charge is 0.335 e. The van der Waals surface area contributed by atoms with Crippen molar-refractivity contribution in [1.82, 2.24) is 9.97 Å². The van der Waals surface area contributed by atoms with E-state index in [-0.39, 0.29) is 5.56 Å². The van der Waals surface area contributed by atoms with Crippen molar-refractivity contribution in [2.75, 3.05) is 0 Å². The van der Waals surface area contributed by atoms with E-state index in [1.807, 2.05) is 18.5 Å². The van der Waals surface area contributed by atoms with Crippen molar-refractivity contribution in [3.05, 3.63) is 60.4 Å². The maximum atomic E-state index is 10.8. The molecule has 0 radical (unpaired) electrons. The van der Waals surface area contributed by atoms with Gasteiger partial charge in [-0.05, 0) is 37.0 Å². The number of aromatic nitrogens is 2. The summed E-state index contributed by atoms with van der Waals surface area (Å²) in [6.07, 6.45) is 8.49. The fourth-order valence-electron chi connectivity index (χ4n) is 1.85. The summed E-state index contributed by atoms with van der Waals surface area (Å²) < 4.78 is 0. The van der Waals surface area contributed by atoms with Gasteiger partial charge in [0.25, 0.3) is 0 Å². The van der Waals surface area contributed by atoms with E-state index in [1.165, 1.54) is 0 Å². The SMILES string of the molecule is C=CCCCc1cnc(-c2ccc(C(=O)O)cc2)nc1. The highest BCUT2D eigenvalue weighted by molar-refractivity contribution is 5.88. The number of hydrogen-bond acceptors (Lipinski definition) is 3. The Balaban J connectivity index is 2.09. The minimum absolute atomic E-state index is 0.259. The first kappa shape index (κ1) is 13.9. The molecule has 4 heteroatoms. The Kier molecular flexibility index (Phi) is 4.60. The second-order valence-corrected chi connectivity index (χ2v) is 4.48. The molecule has 4 nitrogen and oxygen atoms in total. The van der Waals surface area contributed by atoms with Crippen LogP contribution in [0, 0.1) is 0 Å². The highest BCUT2D eigenvalue weighted by atomic mass is 16.4. The third-order valence-corrected chi connectivity index (χ3v) is 2.97. The molecule has 2 aromatic rings. The first-order chi connectivity index (χ1) is 9.70. The topological polar surface area (TPSA) is 63.1 Å². The summed E-state index contributed by atoms with van der Waals surface area (Å²) in [4.78, 5) is 19.4. The summed E-state index contributed by atoms with van der Waals surface area (Å²) in [5.74, 6) is -0.329. The first-order valence-electron chi connectivity index (χ1n) is 6.46. The van der Waals surface area contributed by atoms with Crippen molar-refractivity contribution in [2.24, 2.45) is 0 Å². The molecule has 0 spiro atoms. The second kappa shape index (κ2) is 6.61. The van der Waals surface area contributed by atoms with Crippen LogP contribution in [0.5, 0.6) is 0 Å². The van der Waals surface area contributed by atoms with Gasteiger partial charge in [0.15, 0.2) is 5.82 Å². The van der Waals surface area contributed by atoms with Crippen LogP contribution in [0.1, 0.15) is 28.8 Å². The van der Waals surface area contributed by atoms with Crippen LogP contribution in [0.4, 0.5) is 0 Å². The van der Waals surface area contributed by atoms with Gasteiger partial charge in [0.05, 0.1) is 5.56 Å². The van der Waals surface area contributed by atoms with Gasteiger partial charge < -0.3 is 5.11 Å². The molecule has 0 unspecified atom stereocenters. The number of carboxylic acids is 1. The van der Waals surface area contributed by atoms with Gasteiger partial charge in [-0.2, -0.15) is 0 Å². The van der Waals surface area contributed by atoms with E-state index >= 15 is 0 Å². The van der Waals surface area contributed by atoms with Crippen molar-refractivity contribution < 1.29 is 9.90 Å². The van der Waals surface area contributed by atoms with Crippen molar-refractivity contribution in [3.8, 4) is 11.4 Å². The lowest BCUT2D eigenvalue weighted by molar-refractivity contribution is 0.0697. The standard InChI is InChI=1S/C16H16N2O2/c1-2-3-4-5-12-10-17-15(18-11-12)13-6-8-14(9-7-13)16(19)20/h2,6-11H,1,3-5H2,(H,19,20). The Morgan fingerprint density at radius 1 is 1.20 bits per heavy atom. The van der Waals surface area contributed by atoms with E-state index in [1.54, 1.807) is 24.3 Å². The number of rotatable bonds is 6. The molecule has 1 aromatic heterocycles. The van der Waals surface area contributed by atoms with Gasteiger partial charge in [-0.3, -0.25) is 0 Å². The third kappa shape index (κ3) is 3.51. The Hall–Kier alpha value is -2.49. The quantitative estimate of drug-likeness (QED) is 0.644. The molecule has 0 saturated carbocycles. The molecule has 2 rings (SSSR count). The highest BCUT2D eigenvalue weighted by Crippen LogP contribution is 2.16. The maximum absolute atomic E-state index is 10.8. The normalized spacial score (nSPS) is 10.2. The van der Waals surface area contributed by atoms with Crippen molar-refractivity contribution in [3.63, 3.8) is 0 Å². The van der Waals surface area contributed by atoms with Crippen LogP contribution in [0.25, 0.3) is 11.4 Å². The van der Waals surface area contributed by atoms with Crippen LogP contribution >= 0.6 is 0 Å². The number of benzene rings is 1. The van der Waals surface area contributed by atoms with Gasteiger partial charge in [0, 0.05) is 18.0 Å². The van der Waals surface area contributed by atoms with Crippen LogP contribution in [-0.2, 0) is 6.42 Å². The molecule has 0 aliphatic heterocycles. The summed E-state index contributed by atoms with van der Waals surface area (Å²) in [6, 6.07) is 6.55. The number of unbranched alkanes of at least 4 members (excludes halogenated alkanes) is 1. The molecule has 0 aliphatic rings. The zero-order valence-corrected chi connectivity index (χ0v) is 11.1. The molecular formula is C16H16N2O2. The Bertz CT molecular complexity index is 589. The number of aryl methyl sites for hydroxylation is 1. The fourth-order valence-corrected chi connectivity index (χ4v) is 1.85. The Morgan fingerprint density at radius 2 is 1.85 bits per heavy atom. The average Bonchev–Trinajstić information content (AvgIpc) is 2.48. The minimum Gasteiger partial charge on any atom is -0.478 e. The molecule has 0 aliphatic carbocycles. The first-order valence-corrected chi connectivity index (χ1v) is 6.46. The van der Waals surface area contributed by atoms with E-state index in [0.29, 0.717) is 5.82 Å². The molecule has 20 heavy (non-hydrogen) atoms. The molecule has 0 atom stereocenters. The second-order valence-electron chi connectivity index (χ2n) is 4.48. The molecule has 1 N–H and O–H groups in total. The van der Waals surface area contributed by atoms with Crippen LogP contribution in [0.3, 0.4) is 0 Å². The Labute approximate surface area is 117 Å². The third-order valence-electron chi connectivity index (χ3n) is 2.97. The van der Waals surface area contributed by atoms with Crippen LogP contribution in [0.2, 0.25) is 0 Å². The summed E-state index contributed by atoms with van der Waals surface area (Å²) >= 11 is 0. The molecule has 1 aromatic carbocycles. The lowest BCUT2D eigenvalue weighted by Gasteiger charge is -2.03. The van der Waals surface area contributed by atoms with Crippen molar-refractivity contribution in [1.29, 1.82) is 0 Å².